The van der Waals surface area contributed by atoms with E-state index in [4.69, 9.17) is 5.41 Å². The van der Waals surface area contributed by atoms with E-state index in [1.807, 2.05) is 0 Å². The normalized spacial score (nSPS) is 13.8. The molecule has 2 aromatic rings. The molecule has 1 unspecified atom stereocenters. The molecule has 1 nitrogen and oxygen atoms in total. The average Bonchev–Trinajstić information content (AvgIpc) is 2.51. The lowest BCUT2D eigenvalue weighted by Crippen LogP contribution is -2.49. The van der Waals surface area contributed by atoms with Gasteiger partial charge in [0.25, 0.3) is 0 Å². The Hall–Kier alpha value is -1.24. The van der Waals surface area contributed by atoms with Gasteiger partial charge in [-0.3, -0.25) is 0 Å². The van der Waals surface area contributed by atoms with Gasteiger partial charge >= 0.3 is 0 Å². The van der Waals surface area contributed by atoms with Crippen LogP contribution in [0.15, 0.2) is 60.7 Å². The van der Waals surface area contributed by atoms with Crippen LogP contribution in [-0.4, -0.2) is 19.1 Å². The Morgan fingerprint density at radius 3 is 1.50 bits per heavy atom. The van der Waals surface area contributed by atoms with Gasteiger partial charge in [0.2, 0.25) is 0 Å². The van der Waals surface area contributed by atoms with Gasteiger partial charge in [0.1, 0.15) is 0 Å². The minimum absolute atomic E-state index is 0.0882. The molecule has 0 aliphatic rings. The van der Waals surface area contributed by atoms with Crippen LogP contribution >= 0.6 is 7.92 Å². The molecule has 0 fully saturated rings. The first-order chi connectivity index (χ1) is 11.1. The molecule has 2 aromatic carbocycles. The SMILES string of the molecule is CC(C)(C)C(=N)C(P(c1ccccc1)c1ccccc1)[Si](C)(C)C. The minimum Gasteiger partial charge on any atom is -0.309 e. The second-order valence-electron chi connectivity index (χ2n) is 8.47. The Morgan fingerprint density at radius 2 is 1.21 bits per heavy atom. The molecule has 0 bridgehead atoms. The molecular weight excluding hydrogens is 325 g/mol. The first-order valence-electron chi connectivity index (χ1n) is 8.60. The molecule has 1 N–H and O–H groups in total. The van der Waals surface area contributed by atoms with Crippen LogP contribution in [0.2, 0.25) is 19.6 Å². The van der Waals surface area contributed by atoms with Crippen LogP contribution in [0.1, 0.15) is 20.8 Å². The molecule has 0 heterocycles. The second kappa shape index (κ2) is 7.33. The summed E-state index contributed by atoms with van der Waals surface area (Å²) in [5.74, 6) is 0. The minimum atomic E-state index is -1.58. The molecule has 128 valence electrons. The van der Waals surface area contributed by atoms with Gasteiger partial charge in [-0.15, -0.1) is 0 Å². The van der Waals surface area contributed by atoms with Gasteiger partial charge in [0, 0.05) is 11.0 Å². The molecule has 0 amide bonds. The van der Waals surface area contributed by atoms with Crippen molar-refractivity contribution >= 4 is 32.3 Å². The molecule has 0 saturated carbocycles. The van der Waals surface area contributed by atoms with Crippen LogP contribution in [0.25, 0.3) is 0 Å². The van der Waals surface area contributed by atoms with Gasteiger partial charge in [-0.2, -0.15) is 0 Å². The molecule has 0 saturated heterocycles. The van der Waals surface area contributed by atoms with Crippen LogP contribution < -0.4 is 10.6 Å². The maximum atomic E-state index is 9.03. The summed E-state index contributed by atoms with van der Waals surface area (Å²) in [6.45, 7) is 13.8. The van der Waals surface area contributed by atoms with Crippen molar-refractivity contribution in [3.63, 3.8) is 0 Å². The summed E-state index contributed by atoms with van der Waals surface area (Å²) in [4.78, 5) is 0. The van der Waals surface area contributed by atoms with Crippen LogP contribution in [0.5, 0.6) is 0 Å². The van der Waals surface area contributed by atoms with E-state index in [1.54, 1.807) is 0 Å². The Morgan fingerprint density at radius 1 is 0.833 bits per heavy atom. The summed E-state index contributed by atoms with van der Waals surface area (Å²) in [5.41, 5.74) is 0.829. The lowest BCUT2D eigenvalue weighted by molar-refractivity contribution is 0.581. The summed E-state index contributed by atoms with van der Waals surface area (Å²) >= 11 is 0. The molecule has 0 radical (unpaired) electrons. The Balaban J connectivity index is 2.65. The summed E-state index contributed by atoms with van der Waals surface area (Å²) in [7, 11) is -2.15. The Kier molecular flexibility index (Phi) is 5.83. The van der Waals surface area contributed by atoms with Gasteiger partial charge in [-0.25, -0.2) is 0 Å². The zero-order valence-corrected chi connectivity index (χ0v) is 17.7. The Labute approximate surface area is 149 Å². The van der Waals surface area contributed by atoms with Crippen LogP contribution in [0.4, 0.5) is 0 Å². The smallest absolute Gasteiger partial charge is 0.0596 e. The molecule has 1 atom stereocenters. The van der Waals surface area contributed by atoms with Crippen molar-refractivity contribution in [2.75, 3.05) is 0 Å². The summed E-state index contributed by atoms with van der Waals surface area (Å²) < 4.78 is 0. The molecule has 0 aliphatic heterocycles. The number of rotatable bonds is 5. The van der Waals surface area contributed by atoms with Crippen molar-refractivity contribution in [3.05, 3.63) is 60.7 Å². The van der Waals surface area contributed by atoms with Crippen molar-refractivity contribution in [1.82, 2.24) is 0 Å². The summed E-state index contributed by atoms with van der Waals surface area (Å²) in [6.07, 6.45) is 0. The van der Waals surface area contributed by atoms with Crippen LogP contribution in [0.3, 0.4) is 0 Å². The van der Waals surface area contributed by atoms with Crippen molar-refractivity contribution in [2.24, 2.45) is 5.41 Å². The maximum absolute atomic E-state index is 9.03. The van der Waals surface area contributed by atoms with Gasteiger partial charge < -0.3 is 5.41 Å². The van der Waals surface area contributed by atoms with E-state index in [2.05, 4.69) is 101 Å². The second-order valence-corrected chi connectivity index (χ2v) is 16.6. The fourth-order valence-corrected chi connectivity index (χ4v) is 10.8. The zero-order chi connectivity index (χ0) is 18.0. The fraction of sp³-hybridized carbons (Fsp3) is 0.381. The van der Waals surface area contributed by atoms with Crippen molar-refractivity contribution in [1.29, 1.82) is 5.41 Å². The zero-order valence-electron chi connectivity index (χ0n) is 15.8. The van der Waals surface area contributed by atoms with E-state index >= 15 is 0 Å². The maximum Gasteiger partial charge on any atom is 0.0596 e. The number of hydrogen-bond acceptors (Lipinski definition) is 1. The van der Waals surface area contributed by atoms with Gasteiger partial charge in [0.15, 0.2) is 0 Å². The average molecular weight is 356 g/mol. The highest BCUT2D eigenvalue weighted by molar-refractivity contribution is 7.76. The van der Waals surface area contributed by atoms with E-state index in [-0.39, 0.29) is 5.41 Å². The van der Waals surface area contributed by atoms with E-state index < -0.39 is 16.0 Å². The molecular formula is C21H30NPSi. The highest BCUT2D eigenvalue weighted by Crippen LogP contribution is 2.46. The van der Waals surface area contributed by atoms with Crippen molar-refractivity contribution in [2.45, 2.75) is 45.7 Å². The fourth-order valence-electron chi connectivity index (χ4n) is 2.98. The van der Waals surface area contributed by atoms with E-state index in [0.717, 1.165) is 5.71 Å². The lowest BCUT2D eigenvalue weighted by atomic mass is 9.91. The van der Waals surface area contributed by atoms with Gasteiger partial charge in [-0.05, 0) is 23.9 Å². The monoisotopic (exact) mass is 355 g/mol. The number of nitrogens with one attached hydrogen (secondary N) is 1. The predicted molar refractivity (Wildman–Crippen MR) is 113 cm³/mol. The first-order valence-corrected chi connectivity index (χ1v) is 13.6. The van der Waals surface area contributed by atoms with Gasteiger partial charge in [0.05, 0.1) is 8.07 Å². The molecule has 24 heavy (non-hydrogen) atoms. The molecule has 3 heteroatoms. The summed E-state index contributed by atoms with van der Waals surface area (Å²) in [6, 6.07) is 21.7. The van der Waals surface area contributed by atoms with E-state index in [0.29, 0.717) is 5.28 Å². The molecule has 0 aliphatic carbocycles. The predicted octanol–water partition coefficient (Wildman–Crippen LogP) is 5.43. The van der Waals surface area contributed by atoms with E-state index in [9.17, 15) is 0 Å². The van der Waals surface area contributed by atoms with E-state index in [1.165, 1.54) is 10.6 Å². The molecule has 0 aromatic heterocycles. The third-order valence-corrected chi connectivity index (χ3v) is 11.7. The highest BCUT2D eigenvalue weighted by Gasteiger charge is 2.41. The largest absolute Gasteiger partial charge is 0.309 e. The van der Waals surface area contributed by atoms with Gasteiger partial charge in [-0.1, -0.05) is 101 Å². The third kappa shape index (κ3) is 4.43. The summed E-state index contributed by atoms with van der Waals surface area (Å²) in [5, 5.41) is 12.2. The Bertz CT molecular complexity index is 629. The van der Waals surface area contributed by atoms with Crippen LogP contribution in [-0.2, 0) is 0 Å². The lowest BCUT2D eigenvalue weighted by Gasteiger charge is -2.41. The topological polar surface area (TPSA) is 23.9 Å². The standard InChI is InChI=1S/C21H30NPSi/c1-21(2,3)19(22)20(24(4,5)6)23(17-13-9-7-10-14-17)18-15-11-8-12-16-18/h7-16,20,22H,1-6H3. The van der Waals surface area contributed by atoms with Crippen LogP contribution in [0, 0.1) is 10.8 Å². The van der Waals surface area contributed by atoms with Crippen molar-refractivity contribution in [3.8, 4) is 0 Å². The number of benzene rings is 2. The molecule has 2 rings (SSSR count). The van der Waals surface area contributed by atoms with Crippen molar-refractivity contribution < 1.29 is 0 Å². The number of hydrogen-bond donors (Lipinski definition) is 1. The third-order valence-electron chi connectivity index (χ3n) is 4.23. The quantitative estimate of drug-likeness (QED) is 0.420. The molecule has 0 spiro atoms. The first kappa shape index (κ1) is 19.1. The highest BCUT2D eigenvalue weighted by atomic mass is 31.1.